The summed E-state index contributed by atoms with van der Waals surface area (Å²) in [6.07, 6.45) is 0.820. The lowest BCUT2D eigenvalue weighted by molar-refractivity contribution is 0.0875. The van der Waals surface area contributed by atoms with Crippen LogP contribution in [0.5, 0.6) is 5.75 Å². The van der Waals surface area contributed by atoms with Crippen molar-refractivity contribution >= 4 is 0 Å². The van der Waals surface area contributed by atoms with E-state index in [9.17, 15) is 9.90 Å². The number of aromatic nitrogens is 2. The van der Waals surface area contributed by atoms with Gasteiger partial charge in [-0.15, -0.1) is 5.10 Å². The molecule has 0 unspecified atom stereocenters. The molecule has 1 aromatic carbocycles. The molecule has 25 heavy (non-hydrogen) atoms. The molecule has 3 rings (SSSR count). The highest BCUT2D eigenvalue weighted by atomic mass is 16.5. The second-order valence-corrected chi connectivity index (χ2v) is 5.28. The molecule has 3 aromatic rings. The number of hydrogen-bond donors (Lipinski definition) is 1. The monoisotopic (exact) mass is 341 g/mol. The molecule has 128 valence electrons. The molecule has 0 bridgehead atoms. The van der Waals surface area contributed by atoms with E-state index in [4.69, 9.17) is 18.8 Å². The molecule has 0 fully saturated rings. The first-order valence-corrected chi connectivity index (χ1v) is 7.54. The molecule has 0 aliphatic heterocycles. The SMILES string of the molecule is N#CCc1ccc(OC[C@@H](O)Cn2nc(-c3ccco3)oc2=O)cc1. The highest BCUT2D eigenvalue weighted by molar-refractivity contribution is 5.42. The zero-order valence-electron chi connectivity index (χ0n) is 13.2. The summed E-state index contributed by atoms with van der Waals surface area (Å²) in [4.78, 5) is 11.8. The topological polar surface area (TPSA) is 114 Å². The highest BCUT2D eigenvalue weighted by Crippen LogP contribution is 2.15. The van der Waals surface area contributed by atoms with Crippen molar-refractivity contribution in [2.45, 2.75) is 19.1 Å². The Bertz CT molecular complexity index is 903. The van der Waals surface area contributed by atoms with Gasteiger partial charge in [0.25, 0.3) is 5.89 Å². The van der Waals surface area contributed by atoms with Crippen LogP contribution in [0.2, 0.25) is 0 Å². The third-order valence-electron chi connectivity index (χ3n) is 3.37. The Hall–Kier alpha value is -3.31. The Labute approximate surface area is 142 Å². The van der Waals surface area contributed by atoms with E-state index in [1.807, 2.05) is 0 Å². The summed E-state index contributed by atoms with van der Waals surface area (Å²) in [5, 5.41) is 22.6. The first kappa shape index (κ1) is 16.5. The summed E-state index contributed by atoms with van der Waals surface area (Å²) in [6.45, 7) is -0.0947. The summed E-state index contributed by atoms with van der Waals surface area (Å²) in [5.41, 5.74) is 0.884. The number of ether oxygens (including phenoxy) is 1. The van der Waals surface area contributed by atoms with Crippen molar-refractivity contribution < 1.29 is 18.7 Å². The van der Waals surface area contributed by atoms with Crippen molar-refractivity contribution in [1.82, 2.24) is 9.78 Å². The average molecular weight is 341 g/mol. The van der Waals surface area contributed by atoms with Gasteiger partial charge >= 0.3 is 5.76 Å². The van der Waals surface area contributed by atoms with E-state index in [2.05, 4.69) is 11.2 Å². The first-order valence-electron chi connectivity index (χ1n) is 7.54. The Morgan fingerprint density at radius 3 is 2.80 bits per heavy atom. The van der Waals surface area contributed by atoms with Crippen LogP contribution in [0.4, 0.5) is 0 Å². The molecule has 2 aromatic heterocycles. The minimum absolute atomic E-state index is 0.0209. The van der Waals surface area contributed by atoms with Crippen LogP contribution in [0.3, 0.4) is 0 Å². The Morgan fingerprint density at radius 2 is 2.12 bits per heavy atom. The third kappa shape index (κ3) is 4.16. The van der Waals surface area contributed by atoms with Crippen LogP contribution in [0, 0.1) is 11.3 Å². The van der Waals surface area contributed by atoms with Gasteiger partial charge in [0.05, 0.1) is 25.3 Å². The summed E-state index contributed by atoms with van der Waals surface area (Å²) in [6, 6.07) is 12.3. The molecule has 1 N–H and O–H groups in total. The predicted molar refractivity (Wildman–Crippen MR) is 85.7 cm³/mol. The number of furan rings is 1. The van der Waals surface area contributed by atoms with E-state index in [0.29, 0.717) is 17.9 Å². The van der Waals surface area contributed by atoms with Crippen LogP contribution in [0.25, 0.3) is 11.7 Å². The van der Waals surface area contributed by atoms with Gasteiger partial charge in [-0.1, -0.05) is 12.1 Å². The van der Waals surface area contributed by atoms with E-state index in [1.165, 1.54) is 6.26 Å². The quantitative estimate of drug-likeness (QED) is 0.694. The van der Waals surface area contributed by atoms with E-state index in [1.54, 1.807) is 36.4 Å². The van der Waals surface area contributed by atoms with Gasteiger partial charge in [0.2, 0.25) is 0 Å². The molecule has 0 radical (unpaired) electrons. The minimum Gasteiger partial charge on any atom is -0.491 e. The zero-order chi connectivity index (χ0) is 17.6. The minimum atomic E-state index is -0.953. The molecule has 0 amide bonds. The molecular weight excluding hydrogens is 326 g/mol. The van der Waals surface area contributed by atoms with Crippen molar-refractivity contribution in [3.05, 3.63) is 58.8 Å². The molecule has 2 heterocycles. The van der Waals surface area contributed by atoms with Crippen molar-refractivity contribution in [2.24, 2.45) is 0 Å². The first-order chi connectivity index (χ1) is 12.2. The summed E-state index contributed by atoms with van der Waals surface area (Å²) in [5.74, 6) is 0.256. The van der Waals surface area contributed by atoms with Gasteiger partial charge in [0, 0.05) is 0 Å². The highest BCUT2D eigenvalue weighted by Gasteiger charge is 2.15. The standard InChI is InChI=1S/C17H15N3O5/c18-8-7-12-3-5-14(6-4-12)24-11-13(21)10-20-17(22)25-16(19-20)15-2-1-9-23-15/h1-6,9,13,21H,7,10-11H2/t13-/m0/s1. The third-order valence-corrected chi connectivity index (χ3v) is 3.37. The van der Waals surface area contributed by atoms with Crippen LogP contribution in [-0.4, -0.2) is 27.6 Å². The maximum Gasteiger partial charge on any atom is 0.437 e. The van der Waals surface area contributed by atoms with Crippen molar-refractivity contribution in [2.75, 3.05) is 6.61 Å². The number of nitrogens with zero attached hydrogens (tertiary/aromatic N) is 3. The van der Waals surface area contributed by atoms with Crippen LogP contribution in [-0.2, 0) is 13.0 Å². The van der Waals surface area contributed by atoms with E-state index in [-0.39, 0.29) is 19.0 Å². The zero-order valence-corrected chi connectivity index (χ0v) is 13.2. The van der Waals surface area contributed by atoms with Crippen LogP contribution < -0.4 is 10.5 Å². The fourth-order valence-electron chi connectivity index (χ4n) is 2.16. The maximum atomic E-state index is 11.8. The molecule has 0 aliphatic carbocycles. The molecule has 8 nitrogen and oxygen atoms in total. The van der Waals surface area contributed by atoms with Gasteiger partial charge in [-0.2, -0.15) is 9.94 Å². The van der Waals surface area contributed by atoms with Gasteiger partial charge in [0.1, 0.15) is 18.5 Å². The van der Waals surface area contributed by atoms with Crippen LogP contribution in [0.15, 0.2) is 56.3 Å². The van der Waals surface area contributed by atoms with Crippen LogP contribution >= 0.6 is 0 Å². The van der Waals surface area contributed by atoms with Crippen LogP contribution in [0.1, 0.15) is 5.56 Å². The van der Waals surface area contributed by atoms with E-state index < -0.39 is 11.9 Å². The molecular formula is C17H15N3O5. The van der Waals surface area contributed by atoms with E-state index in [0.717, 1.165) is 10.2 Å². The van der Waals surface area contributed by atoms with Crippen molar-refractivity contribution in [3.8, 4) is 23.5 Å². The molecule has 8 heteroatoms. The van der Waals surface area contributed by atoms with Crippen molar-refractivity contribution in [1.29, 1.82) is 5.26 Å². The largest absolute Gasteiger partial charge is 0.491 e. The van der Waals surface area contributed by atoms with Crippen molar-refractivity contribution in [3.63, 3.8) is 0 Å². The number of aliphatic hydroxyl groups is 1. The number of benzene rings is 1. The predicted octanol–water partition coefficient (Wildman–Crippen LogP) is 1.60. The number of aliphatic hydroxyl groups excluding tert-OH is 1. The normalized spacial score (nSPS) is 11.8. The second kappa shape index (κ2) is 7.51. The molecule has 1 atom stereocenters. The smallest absolute Gasteiger partial charge is 0.437 e. The Kier molecular flexibility index (Phi) is 4.97. The molecule has 0 saturated heterocycles. The molecule has 0 aliphatic rings. The van der Waals surface area contributed by atoms with Gasteiger partial charge in [-0.3, -0.25) is 0 Å². The molecule has 0 saturated carbocycles. The fourth-order valence-corrected chi connectivity index (χ4v) is 2.16. The fraction of sp³-hybridized carbons (Fsp3) is 0.235. The summed E-state index contributed by atoms with van der Waals surface area (Å²) < 4.78 is 16.6. The molecule has 0 spiro atoms. The lowest BCUT2D eigenvalue weighted by atomic mass is 10.2. The number of rotatable bonds is 7. The lowest BCUT2D eigenvalue weighted by Crippen LogP contribution is -2.29. The Morgan fingerprint density at radius 1 is 1.32 bits per heavy atom. The van der Waals surface area contributed by atoms with Gasteiger partial charge in [0.15, 0.2) is 5.76 Å². The van der Waals surface area contributed by atoms with Gasteiger partial charge in [-0.25, -0.2) is 4.79 Å². The average Bonchev–Trinajstić information content (AvgIpc) is 3.25. The number of nitriles is 1. The summed E-state index contributed by atoms with van der Waals surface area (Å²) in [7, 11) is 0. The summed E-state index contributed by atoms with van der Waals surface area (Å²) >= 11 is 0. The van der Waals surface area contributed by atoms with Gasteiger partial charge < -0.3 is 18.7 Å². The Balaban J connectivity index is 1.57. The lowest BCUT2D eigenvalue weighted by Gasteiger charge is -2.11. The maximum absolute atomic E-state index is 11.8. The number of hydrogen-bond acceptors (Lipinski definition) is 7. The second-order valence-electron chi connectivity index (χ2n) is 5.28. The van der Waals surface area contributed by atoms with Gasteiger partial charge in [-0.05, 0) is 29.8 Å². The van der Waals surface area contributed by atoms with E-state index >= 15 is 0 Å².